The molecule has 0 aliphatic rings. The minimum Gasteiger partial charge on any atom is -0.330 e. The van der Waals surface area contributed by atoms with Crippen LogP contribution >= 0.6 is 23.1 Å². The van der Waals surface area contributed by atoms with Gasteiger partial charge in [0.15, 0.2) is 0 Å². The van der Waals surface area contributed by atoms with Crippen molar-refractivity contribution in [1.82, 2.24) is 4.98 Å². The van der Waals surface area contributed by atoms with Crippen LogP contribution in [0.25, 0.3) is 0 Å². The van der Waals surface area contributed by atoms with Gasteiger partial charge in [-0.3, -0.25) is 0 Å². The van der Waals surface area contributed by atoms with Crippen LogP contribution in [-0.4, -0.2) is 17.3 Å². The summed E-state index contributed by atoms with van der Waals surface area (Å²) in [5.74, 6) is 0.988. The zero-order chi connectivity index (χ0) is 7.40. The van der Waals surface area contributed by atoms with Gasteiger partial charge in [0, 0.05) is 12.3 Å². The Balaban J connectivity index is 2.42. The number of hydrogen-bond acceptors (Lipinski definition) is 4. The Morgan fingerprint density at radius 3 is 3.10 bits per heavy atom. The number of rotatable bonds is 3. The molecule has 0 fully saturated rings. The van der Waals surface area contributed by atoms with Crippen molar-refractivity contribution in [3.8, 4) is 0 Å². The van der Waals surface area contributed by atoms with Crippen molar-refractivity contribution in [3.63, 3.8) is 0 Å². The fourth-order valence-electron chi connectivity index (χ4n) is 0.568. The van der Waals surface area contributed by atoms with Gasteiger partial charge in [-0.05, 0) is 6.92 Å². The topological polar surface area (TPSA) is 38.9 Å². The lowest BCUT2D eigenvalue weighted by molar-refractivity contribution is 1.15. The van der Waals surface area contributed by atoms with Crippen LogP contribution in [0, 0.1) is 6.92 Å². The Morgan fingerprint density at radius 1 is 1.80 bits per heavy atom. The van der Waals surface area contributed by atoms with E-state index in [-0.39, 0.29) is 0 Å². The second-order valence-electron chi connectivity index (χ2n) is 1.84. The summed E-state index contributed by atoms with van der Waals surface area (Å²) in [6, 6.07) is 0. The zero-order valence-corrected chi connectivity index (χ0v) is 7.47. The summed E-state index contributed by atoms with van der Waals surface area (Å²) >= 11 is 3.50. The molecule has 0 radical (unpaired) electrons. The summed E-state index contributed by atoms with van der Waals surface area (Å²) in [5, 5.41) is 1.12. The summed E-state index contributed by atoms with van der Waals surface area (Å²) in [6.45, 7) is 2.75. The lowest BCUT2D eigenvalue weighted by Gasteiger charge is -1.90. The number of aryl methyl sites for hydroxylation is 1. The second kappa shape index (κ2) is 3.95. The maximum atomic E-state index is 5.35. The summed E-state index contributed by atoms with van der Waals surface area (Å²) in [7, 11) is 0. The normalized spacial score (nSPS) is 10.2. The molecule has 0 amide bonds. The van der Waals surface area contributed by atoms with Gasteiger partial charge in [0.05, 0.1) is 15.4 Å². The van der Waals surface area contributed by atoms with Crippen molar-refractivity contribution in [3.05, 3.63) is 11.2 Å². The van der Waals surface area contributed by atoms with E-state index < -0.39 is 0 Å². The fourth-order valence-corrected chi connectivity index (χ4v) is 2.36. The second-order valence-corrected chi connectivity index (χ2v) is 4.47. The van der Waals surface area contributed by atoms with Gasteiger partial charge < -0.3 is 5.73 Å². The number of thiazole rings is 1. The molecule has 0 saturated heterocycles. The first-order valence-corrected chi connectivity index (χ1v) is 4.88. The van der Waals surface area contributed by atoms with Crippen molar-refractivity contribution in [2.75, 3.05) is 12.3 Å². The highest BCUT2D eigenvalue weighted by Crippen LogP contribution is 2.23. The van der Waals surface area contributed by atoms with Gasteiger partial charge in [0.25, 0.3) is 0 Å². The maximum Gasteiger partial charge on any atom is 0.0905 e. The molecule has 56 valence electrons. The predicted octanol–water partition coefficient (Wildman–Crippen LogP) is 1.50. The molecular weight excluding hydrogens is 164 g/mol. The van der Waals surface area contributed by atoms with Crippen LogP contribution in [0.5, 0.6) is 0 Å². The van der Waals surface area contributed by atoms with E-state index in [1.165, 1.54) is 4.21 Å². The van der Waals surface area contributed by atoms with Gasteiger partial charge in [-0.2, -0.15) is 0 Å². The molecule has 0 aromatic carbocycles. The number of nitrogens with zero attached hydrogens (tertiary/aromatic N) is 1. The molecule has 0 aliphatic heterocycles. The number of hydrogen-bond donors (Lipinski definition) is 1. The van der Waals surface area contributed by atoms with Crippen molar-refractivity contribution in [1.29, 1.82) is 0 Å². The molecule has 2 N–H and O–H groups in total. The highest BCUT2D eigenvalue weighted by Gasteiger charge is 1.95. The number of nitrogens with two attached hydrogens (primary N) is 1. The van der Waals surface area contributed by atoms with Crippen LogP contribution < -0.4 is 5.73 Å². The standard InChI is InChI=1S/C6H10N2S2/c1-5-8-4-6(10-5)9-3-2-7/h4H,2-3,7H2,1H3. The lowest BCUT2D eigenvalue weighted by Crippen LogP contribution is -2.00. The Morgan fingerprint density at radius 2 is 2.60 bits per heavy atom. The summed E-state index contributed by atoms with van der Waals surface area (Å²) in [5.41, 5.74) is 5.35. The Bertz CT molecular complexity index is 197. The average molecular weight is 174 g/mol. The fraction of sp³-hybridized carbons (Fsp3) is 0.500. The van der Waals surface area contributed by atoms with E-state index in [1.54, 1.807) is 23.1 Å². The predicted molar refractivity (Wildman–Crippen MR) is 46.6 cm³/mol. The van der Waals surface area contributed by atoms with E-state index in [1.807, 2.05) is 13.1 Å². The minimum atomic E-state index is 0.738. The molecule has 0 spiro atoms. The molecule has 10 heavy (non-hydrogen) atoms. The molecule has 0 bridgehead atoms. The third-order valence-corrected chi connectivity index (χ3v) is 3.10. The lowest BCUT2D eigenvalue weighted by atomic mass is 10.8. The van der Waals surface area contributed by atoms with Gasteiger partial charge in [-0.1, -0.05) is 0 Å². The first-order chi connectivity index (χ1) is 4.83. The minimum absolute atomic E-state index is 0.738. The van der Waals surface area contributed by atoms with Crippen LogP contribution in [0.1, 0.15) is 5.01 Å². The molecule has 1 aromatic heterocycles. The van der Waals surface area contributed by atoms with Crippen LogP contribution in [0.15, 0.2) is 10.4 Å². The van der Waals surface area contributed by atoms with E-state index in [0.29, 0.717) is 0 Å². The molecule has 0 unspecified atom stereocenters. The van der Waals surface area contributed by atoms with Crippen molar-refractivity contribution in [2.45, 2.75) is 11.1 Å². The Kier molecular flexibility index (Phi) is 3.18. The largest absolute Gasteiger partial charge is 0.330 e. The summed E-state index contributed by atoms with van der Waals surface area (Å²) in [6.07, 6.45) is 1.90. The molecule has 2 nitrogen and oxygen atoms in total. The average Bonchev–Trinajstić information content (AvgIpc) is 2.31. The van der Waals surface area contributed by atoms with E-state index in [4.69, 9.17) is 5.73 Å². The first kappa shape index (κ1) is 8.04. The molecular formula is C6H10N2S2. The van der Waals surface area contributed by atoms with Gasteiger partial charge in [-0.15, -0.1) is 23.1 Å². The molecule has 0 aliphatic carbocycles. The van der Waals surface area contributed by atoms with E-state index in [9.17, 15) is 0 Å². The molecule has 4 heteroatoms. The van der Waals surface area contributed by atoms with Gasteiger partial charge in [0.2, 0.25) is 0 Å². The SMILES string of the molecule is Cc1ncc(SCCN)s1. The zero-order valence-electron chi connectivity index (χ0n) is 5.83. The van der Waals surface area contributed by atoms with E-state index in [2.05, 4.69) is 4.98 Å². The van der Waals surface area contributed by atoms with Gasteiger partial charge in [-0.25, -0.2) is 4.98 Å². The summed E-state index contributed by atoms with van der Waals surface area (Å²) in [4.78, 5) is 4.13. The summed E-state index contributed by atoms with van der Waals surface area (Å²) < 4.78 is 1.27. The molecule has 0 atom stereocenters. The monoisotopic (exact) mass is 174 g/mol. The molecule has 1 heterocycles. The highest BCUT2D eigenvalue weighted by molar-refractivity contribution is 8.01. The first-order valence-electron chi connectivity index (χ1n) is 3.08. The smallest absolute Gasteiger partial charge is 0.0905 e. The van der Waals surface area contributed by atoms with Gasteiger partial charge >= 0.3 is 0 Å². The maximum absolute atomic E-state index is 5.35. The van der Waals surface area contributed by atoms with Crippen LogP contribution in [0.2, 0.25) is 0 Å². The van der Waals surface area contributed by atoms with Crippen LogP contribution in [0.3, 0.4) is 0 Å². The quantitative estimate of drug-likeness (QED) is 0.706. The van der Waals surface area contributed by atoms with Gasteiger partial charge in [0.1, 0.15) is 0 Å². The molecule has 1 aromatic rings. The molecule has 0 saturated carbocycles. The number of thioether (sulfide) groups is 1. The van der Waals surface area contributed by atoms with E-state index in [0.717, 1.165) is 17.3 Å². The van der Waals surface area contributed by atoms with Crippen LogP contribution in [0.4, 0.5) is 0 Å². The number of aromatic nitrogens is 1. The molecule has 1 rings (SSSR count). The van der Waals surface area contributed by atoms with Crippen molar-refractivity contribution < 1.29 is 0 Å². The van der Waals surface area contributed by atoms with Crippen molar-refractivity contribution in [2.24, 2.45) is 5.73 Å². The van der Waals surface area contributed by atoms with E-state index >= 15 is 0 Å². The van der Waals surface area contributed by atoms with Crippen LogP contribution in [-0.2, 0) is 0 Å². The third-order valence-electron chi connectivity index (χ3n) is 0.962. The van der Waals surface area contributed by atoms with Crippen molar-refractivity contribution >= 4 is 23.1 Å². The third kappa shape index (κ3) is 2.28. The Labute approximate surface area is 68.8 Å². The Hall–Kier alpha value is -0.0600. The highest BCUT2D eigenvalue weighted by atomic mass is 32.2.